The van der Waals surface area contributed by atoms with E-state index < -0.39 is 16.1 Å². The van der Waals surface area contributed by atoms with Gasteiger partial charge in [-0.1, -0.05) is 320 Å². The van der Waals surface area contributed by atoms with Crippen molar-refractivity contribution in [3.63, 3.8) is 0 Å². The SMILES string of the molecule is CC12CCCCC1(C)[Si](c1ccccc1)(c1ccccc1)c1ccc(-c3cc(-c4cccc5ccccc45)c4ccc5c(-c6ccc7c(c6)C6(C)CCCCC6(C)[Si]7(c6ccccc6)c6ccccc6)cc(-c6cccc7ccccc67)c6ccc3c4c56)cc12. The lowest BCUT2D eigenvalue weighted by Crippen LogP contribution is -2.72. The van der Waals surface area contributed by atoms with Gasteiger partial charge in [0, 0.05) is 0 Å². The molecule has 434 valence electrons. The molecular formula is C88H74Si2. The molecule has 0 amide bonds. The largest absolute Gasteiger partial charge is 0.155 e. The molecule has 0 bridgehead atoms. The molecule has 0 aromatic heterocycles. The van der Waals surface area contributed by atoms with Crippen LogP contribution in [0, 0.1) is 0 Å². The van der Waals surface area contributed by atoms with Gasteiger partial charge in [0.05, 0.1) is 0 Å². The highest BCUT2D eigenvalue weighted by atomic mass is 28.3. The van der Waals surface area contributed by atoms with E-state index in [1.165, 1.54) is 170 Å². The molecule has 0 spiro atoms. The Kier molecular flexibility index (Phi) is 11.9. The summed E-state index contributed by atoms with van der Waals surface area (Å²) in [5.41, 5.74) is 13.5. The summed E-state index contributed by atoms with van der Waals surface area (Å²) >= 11 is 0. The molecule has 14 aromatic carbocycles. The first kappa shape index (κ1) is 54.0. The van der Waals surface area contributed by atoms with Crippen molar-refractivity contribution in [3.05, 3.63) is 290 Å². The summed E-state index contributed by atoms with van der Waals surface area (Å²) < 4.78 is 0. The van der Waals surface area contributed by atoms with E-state index in [0.717, 1.165) is 0 Å². The number of fused-ring (bicyclic) bond motifs is 8. The average molecular weight is 1190 g/mol. The Bertz CT molecular complexity index is 4790. The van der Waals surface area contributed by atoms with Crippen molar-refractivity contribution in [1.82, 2.24) is 0 Å². The topological polar surface area (TPSA) is 0 Å². The van der Waals surface area contributed by atoms with Crippen LogP contribution in [0.5, 0.6) is 0 Å². The Balaban J connectivity index is 0.952. The minimum absolute atomic E-state index is 0.0225. The summed E-state index contributed by atoms with van der Waals surface area (Å²) in [7, 11) is -5.30. The predicted molar refractivity (Wildman–Crippen MR) is 390 cm³/mol. The van der Waals surface area contributed by atoms with Crippen molar-refractivity contribution in [2.24, 2.45) is 0 Å². The van der Waals surface area contributed by atoms with Crippen LogP contribution in [0.15, 0.2) is 279 Å². The van der Waals surface area contributed by atoms with Gasteiger partial charge in [-0.25, -0.2) is 0 Å². The van der Waals surface area contributed by atoms with Gasteiger partial charge in [0.25, 0.3) is 0 Å². The van der Waals surface area contributed by atoms with Crippen molar-refractivity contribution in [1.29, 1.82) is 0 Å². The van der Waals surface area contributed by atoms with E-state index in [9.17, 15) is 0 Å². The van der Waals surface area contributed by atoms with E-state index in [1.807, 2.05) is 0 Å². The van der Waals surface area contributed by atoms with Gasteiger partial charge in [0.2, 0.25) is 0 Å². The third-order valence-electron chi connectivity index (χ3n) is 24.8. The fourth-order valence-electron chi connectivity index (χ4n) is 20.5. The first-order valence-corrected chi connectivity index (χ1v) is 37.4. The zero-order valence-corrected chi connectivity index (χ0v) is 54.2. The summed E-state index contributed by atoms with van der Waals surface area (Å²) in [5.74, 6) is 0. The van der Waals surface area contributed by atoms with E-state index in [0.29, 0.717) is 0 Å². The van der Waals surface area contributed by atoms with E-state index in [-0.39, 0.29) is 20.9 Å². The Morgan fingerprint density at radius 2 is 0.578 bits per heavy atom. The van der Waals surface area contributed by atoms with Crippen molar-refractivity contribution < 1.29 is 0 Å². The van der Waals surface area contributed by atoms with Crippen LogP contribution < -0.4 is 31.1 Å². The van der Waals surface area contributed by atoms with Crippen LogP contribution in [0.1, 0.15) is 90.2 Å². The highest BCUT2D eigenvalue weighted by molar-refractivity contribution is 7.15. The molecule has 2 saturated carbocycles. The maximum atomic E-state index is 2.73. The van der Waals surface area contributed by atoms with Crippen LogP contribution in [0.2, 0.25) is 10.1 Å². The first-order valence-electron chi connectivity index (χ1n) is 33.4. The Morgan fingerprint density at radius 1 is 0.256 bits per heavy atom. The molecule has 2 aliphatic carbocycles. The van der Waals surface area contributed by atoms with Gasteiger partial charge in [0.1, 0.15) is 0 Å². The monoisotopic (exact) mass is 1190 g/mol. The predicted octanol–water partition coefficient (Wildman–Crippen LogP) is 19.7. The van der Waals surface area contributed by atoms with Gasteiger partial charge in [-0.15, -0.1) is 0 Å². The van der Waals surface area contributed by atoms with Gasteiger partial charge in [-0.2, -0.15) is 0 Å². The summed E-state index contributed by atoms with van der Waals surface area (Å²) in [6.07, 6.45) is 9.86. The minimum Gasteiger partial charge on any atom is -0.0624 e. The normalized spacial score (nSPS) is 22.2. The lowest BCUT2D eigenvalue weighted by atomic mass is 9.64. The fraction of sp³-hybridized carbons (Fsp3) is 0.182. The lowest BCUT2D eigenvalue weighted by Gasteiger charge is -2.54. The molecule has 4 unspecified atom stereocenters. The maximum Gasteiger partial charge on any atom is 0.155 e. The van der Waals surface area contributed by atoms with E-state index in [1.54, 1.807) is 21.5 Å². The molecule has 0 radical (unpaired) electrons. The second-order valence-electron chi connectivity index (χ2n) is 28.3. The zero-order chi connectivity index (χ0) is 60.2. The van der Waals surface area contributed by atoms with Crippen molar-refractivity contribution >= 4 is 101 Å². The first-order chi connectivity index (χ1) is 44.1. The lowest BCUT2D eigenvalue weighted by molar-refractivity contribution is 0.241. The van der Waals surface area contributed by atoms with Crippen LogP contribution in [0.25, 0.3) is 98.4 Å². The van der Waals surface area contributed by atoms with Crippen LogP contribution in [0.3, 0.4) is 0 Å². The fourth-order valence-corrected chi connectivity index (χ4v) is 34.4. The van der Waals surface area contributed by atoms with E-state index >= 15 is 0 Å². The zero-order valence-electron chi connectivity index (χ0n) is 52.2. The van der Waals surface area contributed by atoms with Crippen molar-refractivity contribution in [2.75, 3.05) is 0 Å². The summed E-state index contributed by atoms with van der Waals surface area (Å²) in [6.45, 7) is 10.8. The van der Waals surface area contributed by atoms with Crippen molar-refractivity contribution in [2.45, 2.75) is 100.0 Å². The highest BCUT2D eigenvalue weighted by Crippen LogP contribution is 2.67. The van der Waals surface area contributed by atoms with E-state index in [2.05, 4.69) is 307 Å². The second-order valence-corrected chi connectivity index (χ2v) is 36.9. The second kappa shape index (κ2) is 19.8. The summed E-state index contributed by atoms with van der Waals surface area (Å²) in [4.78, 5) is 0. The van der Waals surface area contributed by atoms with Gasteiger partial charge < -0.3 is 0 Å². The van der Waals surface area contributed by atoms with Crippen molar-refractivity contribution in [3.8, 4) is 44.5 Å². The van der Waals surface area contributed by atoms with Gasteiger partial charge in [0.15, 0.2) is 16.1 Å². The molecule has 0 nitrogen and oxygen atoms in total. The van der Waals surface area contributed by atoms with Crippen LogP contribution in [0.4, 0.5) is 0 Å². The molecule has 0 N–H and O–H groups in total. The highest BCUT2D eigenvalue weighted by Gasteiger charge is 2.70. The molecule has 2 heteroatoms. The Hall–Kier alpha value is -8.93. The van der Waals surface area contributed by atoms with Gasteiger partial charge in [-0.05, 0) is 199 Å². The summed E-state index contributed by atoms with van der Waals surface area (Å²) in [5, 5.41) is 22.5. The average Bonchev–Trinajstić information content (AvgIpc) is 1.48. The summed E-state index contributed by atoms with van der Waals surface area (Å²) in [6, 6.07) is 110. The van der Waals surface area contributed by atoms with Crippen LogP contribution >= 0.6 is 0 Å². The standard InChI is InChI=1S/C88H74Si2/c1-85-51-21-23-53-87(85,3)89(63-31-9-5-10-32-63,64-33-11-6-12-34-64)81-49-43-61(55-79(81)85)75-57-77(69-41-25-29-59-27-17-19-39-67(59)69)73-48-46-72-76(58-78(74-47-45-71(75)83(73)84(72)74)70-42-26-30-60-28-18-20-40-68(60)70)62-44-50-82-80(56-62)86(2)52-22-24-54-88(86,4)90(82,65-35-13-7-14-36-65)66-37-15-8-16-38-66/h5-20,25-50,55-58H,21-24,51-54H2,1-4H3. The molecule has 90 heavy (non-hydrogen) atoms. The Labute approximate surface area is 532 Å². The number of benzene rings is 14. The van der Waals surface area contributed by atoms with Gasteiger partial charge >= 0.3 is 0 Å². The molecule has 0 saturated heterocycles. The third kappa shape index (κ3) is 6.96. The molecule has 2 fully saturated rings. The minimum atomic E-state index is -2.65. The quantitative estimate of drug-likeness (QED) is 0.105. The molecule has 2 aliphatic heterocycles. The molecule has 2 heterocycles. The van der Waals surface area contributed by atoms with E-state index in [4.69, 9.17) is 0 Å². The number of hydrogen-bond donors (Lipinski definition) is 0. The van der Waals surface area contributed by atoms with Crippen LogP contribution in [-0.2, 0) is 10.8 Å². The molecular weight excluding hydrogens is 1110 g/mol. The van der Waals surface area contributed by atoms with Crippen LogP contribution in [-0.4, -0.2) is 16.1 Å². The smallest absolute Gasteiger partial charge is 0.0624 e. The number of hydrogen-bond acceptors (Lipinski definition) is 0. The molecule has 14 aromatic rings. The third-order valence-corrected chi connectivity index (χ3v) is 37.0. The Morgan fingerprint density at radius 3 is 0.956 bits per heavy atom. The molecule has 18 rings (SSSR count). The maximum absolute atomic E-state index is 2.73. The molecule has 4 atom stereocenters. The molecule has 4 aliphatic rings. The van der Waals surface area contributed by atoms with Gasteiger partial charge in [-0.3, -0.25) is 0 Å². The number of rotatable bonds is 8.